The Kier molecular flexibility index (Phi) is 5.08. The second kappa shape index (κ2) is 7.27. The maximum atomic E-state index is 12.5. The first-order valence-corrected chi connectivity index (χ1v) is 9.90. The van der Waals surface area contributed by atoms with Crippen molar-refractivity contribution >= 4 is 21.7 Å². The summed E-state index contributed by atoms with van der Waals surface area (Å²) in [5, 5.41) is 0. The lowest BCUT2D eigenvalue weighted by molar-refractivity contribution is 0.0535. The first kappa shape index (κ1) is 17.5. The first-order valence-electron chi connectivity index (χ1n) is 8.41. The summed E-state index contributed by atoms with van der Waals surface area (Å²) >= 11 is 0. The van der Waals surface area contributed by atoms with Crippen molar-refractivity contribution in [3.8, 4) is 0 Å². The fraction of sp³-hybridized carbons (Fsp3) is 0.316. The highest BCUT2D eigenvalue weighted by Crippen LogP contribution is 2.25. The molecule has 1 N–H and O–H groups in total. The van der Waals surface area contributed by atoms with Crippen molar-refractivity contribution in [3.63, 3.8) is 0 Å². The smallest absolute Gasteiger partial charge is 0.338 e. The molecule has 5 nitrogen and oxygen atoms in total. The van der Waals surface area contributed by atoms with E-state index in [2.05, 4.69) is 11.6 Å². The molecule has 25 heavy (non-hydrogen) atoms. The van der Waals surface area contributed by atoms with Crippen LogP contribution in [0.2, 0.25) is 0 Å². The minimum absolute atomic E-state index is 0.204. The summed E-state index contributed by atoms with van der Waals surface area (Å²) in [7, 11) is -3.69. The van der Waals surface area contributed by atoms with Gasteiger partial charge in [-0.15, -0.1) is 0 Å². The van der Waals surface area contributed by atoms with Gasteiger partial charge < -0.3 is 4.74 Å². The summed E-state index contributed by atoms with van der Waals surface area (Å²) in [4.78, 5) is 11.8. The van der Waals surface area contributed by atoms with Crippen LogP contribution < -0.4 is 4.72 Å². The molecule has 0 radical (unpaired) electrons. The highest BCUT2D eigenvalue weighted by molar-refractivity contribution is 7.92. The number of anilines is 1. The number of nitrogens with one attached hydrogen (secondary N) is 1. The number of hydrogen-bond acceptors (Lipinski definition) is 4. The molecule has 3 rings (SSSR count). The number of ether oxygens (including phenoxy) is 1. The predicted octanol–water partition coefficient (Wildman–Crippen LogP) is 3.89. The second-order valence-corrected chi connectivity index (χ2v) is 7.84. The van der Waals surface area contributed by atoms with Gasteiger partial charge >= 0.3 is 5.97 Å². The standard InChI is InChI=1S/C19H21NO4S/c1-2-3-4-5-14-6-10-17(11-7-14)25(22,23)20-16-9-8-15-13-24-19(21)18(15)12-16/h6-12,20H,2-5,13H2,1H3. The number of cyclic esters (lactones) is 1. The van der Waals surface area contributed by atoms with Crippen molar-refractivity contribution in [1.82, 2.24) is 0 Å². The van der Waals surface area contributed by atoms with Gasteiger partial charge in [-0.1, -0.05) is 38.0 Å². The largest absolute Gasteiger partial charge is 0.457 e. The van der Waals surface area contributed by atoms with Crippen molar-refractivity contribution < 1.29 is 17.9 Å². The Balaban J connectivity index is 1.74. The first-order chi connectivity index (χ1) is 12.0. The molecule has 0 unspecified atom stereocenters. The van der Waals surface area contributed by atoms with Crippen molar-refractivity contribution in [2.45, 2.75) is 44.1 Å². The number of carbonyl (C=O) groups is 1. The van der Waals surface area contributed by atoms with E-state index in [-0.39, 0.29) is 11.5 Å². The molecule has 0 amide bonds. The summed E-state index contributed by atoms with van der Waals surface area (Å²) in [6.07, 6.45) is 4.38. The van der Waals surface area contributed by atoms with E-state index >= 15 is 0 Å². The van der Waals surface area contributed by atoms with E-state index in [9.17, 15) is 13.2 Å². The van der Waals surface area contributed by atoms with Gasteiger partial charge in [-0.2, -0.15) is 0 Å². The van der Waals surface area contributed by atoms with Gasteiger partial charge in [0.25, 0.3) is 10.0 Å². The molecule has 0 fully saturated rings. The summed E-state index contributed by atoms with van der Waals surface area (Å²) in [6.45, 7) is 2.39. The highest BCUT2D eigenvalue weighted by Gasteiger charge is 2.22. The molecule has 0 atom stereocenters. The summed E-state index contributed by atoms with van der Waals surface area (Å²) in [5.74, 6) is -0.424. The van der Waals surface area contributed by atoms with E-state index in [1.165, 1.54) is 12.5 Å². The zero-order chi connectivity index (χ0) is 17.9. The Morgan fingerprint density at radius 3 is 2.56 bits per heavy atom. The molecule has 1 aliphatic rings. The molecule has 1 aliphatic heterocycles. The van der Waals surface area contributed by atoms with Crippen LogP contribution in [0, 0.1) is 0 Å². The maximum Gasteiger partial charge on any atom is 0.338 e. The van der Waals surface area contributed by atoms with Gasteiger partial charge in [-0.25, -0.2) is 13.2 Å². The second-order valence-electron chi connectivity index (χ2n) is 6.15. The minimum Gasteiger partial charge on any atom is -0.457 e. The lowest BCUT2D eigenvalue weighted by atomic mass is 10.1. The molecule has 2 aromatic rings. The number of carbonyl (C=O) groups excluding carboxylic acids is 1. The molecule has 0 bridgehead atoms. The van der Waals surface area contributed by atoms with Crippen molar-refractivity contribution in [1.29, 1.82) is 0 Å². The lowest BCUT2D eigenvalue weighted by Gasteiger charge is -2.09. The number of esters is 1. The SMILES string of the molecule is CCCCCc1ccc(S(=O)(=O)Nc2ccc3c(c2)C(=O)OC3)cc1. The Hall–Kier alpha value is -2.34. The van der Waals surface area contributed by atoms with Gasteiger partial charge in [0.05, 0.1) is 10.5 Å². The van der Waals surface area contributed by atoms with E-state index in [1.807, 2.05) is 12.1 Å². The number of aryl methyl sites for hydroxylation is 1. The van der Waals surface area contributed by atoms with Crippen LogP contribution in [0.15, 0.2) is 47.4 Å². The third kappa shape index (κ3) is 4.02. The molecule has 1 heterocycles. The number of benzene rings is 2. The molecule has 0 saturated carbocycles. The fourth-order valence-corrected chi connectivity index (χ4v) is 3.85. The molecule has 2 aromatic carbocycles. The number of hydrogen-bond donors (Lipinski definition) is 1. The van der Waals surface area contributed by atoms with Gasteiger partial charge in [0.15, 0.2) is 0 Å². The van der Waals surface area contributed by atoms with E-state index in [0.29, 0.717) is 11.3 Å². The molecular weight excluding hydrogens is 338 g/mol. The number of unbranched alkanes of at least 4 members (excludes halogenated alkanes) is 2. The predicted molar refractivity (Wildman–Crippen MR) is 96.0 cm³/mol. The zero-order valence-electron chi connectivity index (χ0n) is 14.1. The summed E-state index contributed by atoms with van der Waals surface area (Å²) in [5.41, 5.74) is 2.66. The topological polar surface area (TPSA) is 72.5 Å². The third-order valence-corrected chi connectivity index (χ3v) is 5.64. The Morgan fingerprint density at radius 2 is 1.84 bits per heavy atom. The van der Waals surface area contributed by atoms with Gasteiger partial charge in [-0.05, 0) is 42.7 Å². The van der Waals surface area contributed by atoms with E-state index in [4.69, 9.17) is 4.74 Å². The molecule has 0 aliphatic carbocycles. The average Bonchev–Trinajstić information content (AvgIpc) is 2.96. The van der Waals surface area contributed by atoms with Crippen LogP contribution in [0.1, 0.15) is 47.7 Å². The van der Waals surface area contributed by atoms with Crippen molar-refractivity contribution in [2.24, 2.45) is 0 Å². The Labute approximate surface area is 148 Å². The number of fused-ring (bicyclic) bond motifs is 1. The van der Waals surface area contributed by atoms with Gasteiger partial charge in [0.1, 0.15) is 6.61 Å². The van der Waals surface area contributed by atoms with Crippen LogP contribution in [0.3, 0.4) is 0 Å². The quantitative estimate of drug-likeness (QED) is 0.601. The summed E-state index contributed by atoms with van der Waals surface area (Å²) in [6, 6.07) is 11.8. The Morgan fingerprint density at radius 1 is 1.08 bits per heavy atom. The van der Waals surface area contributed by atoms with Gasteiger partial charge in [-0.3, -0.25) is 4.72 Å². The van der Waals surface area contributed by atoms with Gasteiger partial charge in [0.2, 0.25) is 0 Å². The van der Waals surface area contributed by atoms with Gasteiger partial charge in [0, 0.05) is 11.3 Å². The van der Waals surface area contributed by atoms with Crippen molar-refractivity contribution in [3.05, 3.63) is 59.2 Å². The van der Waals surface area contributed by atoms with Crippen LogP contribution in [0.25, 0.3) is 0 Å². The lowest BCUT2D eigenvalue weighted by Crippen LogP contribution is -2.13. The molecule has 6 heteroatoms. The van der Waals surface area contributed by atoms with Crippen LogP contribution >= 0.6 is 0 Å². The zero-order valence-corrected chi connectivity index (χ0v) is 14.9. The Bertz CT molecular complexity index is 873. The molecule has 0 spiro atoms. The molecular formula is C19H21NO4S. The van der Waals surface area contributed by atoms with E-state index in [1.54, 1.807) is 24.3 Å². The third-order valence-electron chi connectivity index (χ3n) is 4.24. The average molecular weight is 359 g/mol. The van der Waals surface area contributed by atoms with Crippen LogP contribution in [0.4, 0.5) is 5.69 Å². The molecule has 0 aromatic heterocycles. The summed E-state index contributed by atoms with van der Waals surface area (Å²) < 4.78 is 32.5. The number of sulfonamides is 1. The molecule has 0 saturated heterocycles. The van der Waals surface area contributed by atoms with Crippen LogP contribution in [-0.2, 0) is 27.8 Å². The normalized spacial score (nSPS) is 13.4. The van der Waals surface area contributed by atoms with Crippen LogP contribution in [-0.4, -0.2) is 14.4 Å². The molecule has 132 valence electrons. The van der Waals surface area contributed by atoms with Crippen molar-refractivity contribution in [2.75, 3.05) is 4.72 Å². The monoisotopic (exact) mass is 359 g/mol. The minimum atomic E-state index is -3.69. The fourth-order valence-electron chi connectivity index (χ4n) is 2.81. The van der Waals surface area contributed by atoms with Crippen LogP contribution in [0.5, 0.6) is 0 Å². The van der Waals surface area contributed by atoms with E-state index < -0.39 is 16.0 Å². The highest BCUT2D eigenvalue weighted by atomic mass is 32.2. The number of rotatable bonds is 7. The van der Waals surface area contributed by atoms with E-state index in [0.717, 1.165) is 30.4 Å². The maximum absolute atomic E-state index is 12.5.